The maximum atomic E-state index is 12.1. The molecule has 152 valence electrons. The topological polar surface area (TPSA) is 114 Å². The molecule has 2 rings (SSSR count). The predicted octanol–water partition coefficient (Wildman–Crippen LogP) is 1.75. The summed E-state index contributed by atoms with van der Waals surface area (Å²) in [6, 6.07) is 0. The molecular weight excluding hydrogens is 378 g/mol. The van der Waals surface area contributed by atoms with Crippen molar-refractivity contribution in [2.75, 3.05) is 32.7 Å². The fourth-order valence-electron chi connectivity index (χ4n) is 2.89. The summed E-state index contributed by atoms with van der Waals surface area (Å²) in [5.74, 6) is -0.359. The fourth-order valence-corrected chi connectivity index (χ4v) is 3.09. The Balaban J connectivity index is 1.88. The average molecular weight is 404 g/mol. The second-order valence-corrected chi connectivity index (χ2v) is 8.33. The highest BCUT2D eigenvalue weighted by Gasteiger charge is 2.31. The Kier molecular flexibility index (Phi) is 6.33. The Morgan fingerprint density at radius 3 is 2.37 bits per heavy atom. The van der Waals surface area contributed by atoms with E-state index in [2.05, 4.69) is 4.98 Å². The predicted molar refractivity (Wildman–Crippen MR) is 98.8 cm³/mol. The number of nitro groups is 1. The molecule has 10 nitrogen and oxygen atoms in total. The quantitative estimate of drug-likeness (QED) is 0.588. The van der Waals surface area contributed by atoms with Crippen molar-refractivity contribution in [1.82, 2.24) is 19.4 Å². The number of carbonyl (C=O) groups excluding carboxylic acids is 1. The van der Waals surface area contributed by atoms with Gasteiger partial charge in [0.15, 0.2) is 0 Å². The summed E-state index contributed by atoms with van der Waals surface area (Å²) in [5, 5.41) is 21.4. The lowest BCUT2D eigenvalue weighted by Crippen LogP contribution is -2.54. The van der Waals surface area contributed by atoms with Gasteiger partial charge in [0.05, 0.1) is 12.1 Å². The van der Waals surface area contributed by atoms with Crippen molar-refractivity contribution < 1.29 is 19.6 Å². The average Bonchev–Trinajstić information content (AvgIpc) is 2.86. The Hall–Kier alpha value is -1.91. The van der Waals surface area contributed by atoms with Crippen molar-refractivity contribution in [3.05, 3.63) is 21.6 Å². The van der Waals surface area contributed by atoms with Crippen molar-refractivity contribution in [2.24, 2.45) is 0 Å². The number of β-amino-alcohol motifs (C(OH)–C–C–N with tert-alkyl or cyclic N) is 1. The van der Waals surface area contributed by atoms with Crippen LogP contribution >= 0.6 is 11.6 Å². The molecule has 1 aromatic rings. The van der Waals surface area contributed by atoms with Crippen LogP contribution in [0.3, 0.4) is 0 Å². The number of imidazole rings is 1. The molecule has 27 heavy (non-hydrogen) atoms. The van der Waals surface area contributed by atoms with E-state index in [1.165, 1.54) is 10.8 Å². The van der Waals surface area contributed by atoms with E-state index < -0.39 is 16.1 Å². The molecule has 0 spiro atoms. The molecule has 0 aliphatic carbocycles. The van der Waals surface area contributed by atoms with Crippen molar-refractivity contribution in [2.45, 2.75) is 45.4 Å². The lowest BCUT2D eigenvalue weighted by atomic mass is 10.1. The first kappa shape index (κ1) is 21.4. The molecule has 0 radical (unpaired) electrons. The minimum atomic E-state index is -1.17. The van der Waals surface area contributed by atoms with Crippen LogP contribution in [0.1, 0.15) is 27.7 Å². The summed E-state index contributed by atoms with van der Waals surface area (Å²) in [5.41, 5.74) is -1.71. The molecule has 0 saturated carbocycles. The number of amides is 1. The van der Waals surface area contributed by atoms with Gasteiger partial charge in [-0.2, -0.15) is 0 Å². The van der Waals surface area contributed by atoms with Gasteiger partial charge in [-0.15, -0.1) is 0 Å². The van der Waals surface area contributed by atoms with Crippen LogP contribution in [-0.4, -0.2) is 79.4 Å². The smallest absolute Gasteiger partial charge is 0.410 e. The Labute approximate surface area is 162 Å². The van der Waals surface area contributed by atoms with E-state index in [0.29, 0.717) is 32.7 Å². The third kappa shape index (κ3) is 6.33. The van der Waals surface area contributed by atoms with Crippen LogP contribution in [0.15, 0.2) is 6.20 Å². The number of aliphatic hydroxyl groups is 1. The lowest BCUT2D eigenvalue weighted by Gasteiger charge is -2.38. The van der Waals surface area contributed by atoms with Crippen LogP contribution < -0.4 is 0 Å². The van der Waals surface area contributed by atoms with Crippen molar-refractivity contribution >= 4 is 23.5 Å². The van der Waals surface area contributed by atoms with Gasteiger partial charge in [-0.3, -0.25) is 9.47 Å². The third-order valence-electron chi connectivity index (χ3n) is 4.00. The zero-order chi connectivity index (χ0) is 20.4. The van der Waals surface area contributed by atoms with E-state index >= 15 is 0 Å². The SMILES string of the molecule is CC(O)(CN1CCN(C(=O)OC(C)(C)C)CC1)Cn1cc([N+](=O)[O-])nc1Cl. The largest absolute Gasteiger partial charge is 0.444 e. The number of halogens is 1. The standard InChI is InChI=1S/C16H26ClN5O5/c1-15(2,3)27-14(23)20-7-5-19(6-8-20)10-16(4,24)11-21-9-12(22(25)26)18-13(21)17/h9,24H,5-8,10-11H2,1-4H3. The van der Waals surface area contributed by atoms with E-state index in [0.717, 1.165) is 0 Å². The number of piperazine rings is 1. The molecule has 1 fully saturated rings. The van der Waals surface area contributed by atoms with Crippen LogP contribution in [-0.2, 0) is 11.3 Å². The summed E-state index contributed by atoms with van der Waals surface area (Å²) >= 11 is 5.91. The number of hydrogen-bond acceptors (Lipinski definition) is 7. The number of hydrogen-bond donors (Lipinski definition) is 1. The summed E-state index contributed by atoms with van der Waals surface area (Å²) in [7, 11) is 0. The molecular formula is C16H26ClN5O5. The minimum absolute atomic E-state index is 0.0447. The first-order chi connectivity index (χ1) is 12.4. The van der Waals surface area contributed by atoms with E-state index in [-0.39, 0.29) is 23.7 Å². The highest BCUT2D eigenvalue weighted by atomic mass is 35.5. The number of rotatable bonds is 5. The van der Waals surface area contributed by atoms with E-state index in [1.807, 2.05) is 25.7 Å². The van der Waals surface area contributed by atoms with Crippen LogP contribution in [0.2, 0.25) is 5.28 Å². The van der Waals surface area contributed by atoms with Gasteiger partial charge in [0.25, 0.3) is 0 Å². The number of nitrogens with zero attached hydrogens (tertiary/aromatic N) is 5. The number of ether oxygens (including phenoxy) is 1. The molecule has 0 bridgehead atoms. The molecule has 1 atom stereocenters. The minimum Gasteiger partial charge on any atom is -0.444 e. The normalized spacial score (nSPS) is 18.2. The second-order valence-electron chi connectivity index (χ2n) is 7.99. The fraction of sp³-hybridized carbons (Fsp3) is 0.750. The summed E-state index contributed by atoms with van der Waals surface area (Å²) in [6.45, 7) is 9.69. The van der Waals surface area contributed by atoms with Crippen LogP contribution in [0.25, 0.3) is 0 Å². The lowest BCUT2D eigenvalue weighted by molar-refractivity contribution is -0.389. The molecule has 0 aromatic carbocycles. The number of carbonyl (C=O) groups is 1. The van der Waals surface area contributed by atoms with E-state index in [9.17, 15) is 20.0 Å². The first-order valence-corrected chi connectivity index (χ1v) is 9.04. The number of aromatic nitrogens is 2. The van der Waals surface area contributed by atoms with E-state index in [4.69, 9.17) is 16.3 Å². The Morgan fingerprint density at radius 1 is 1.30 bits per heavy atom. The van der Waals surface area contributed by atoms with Gasteiger partial charge in [0, 0.05) is 32.7 Å². The van der Waals surface area contributed by atoms with Crippen LogP contribution in [0.4, 0.5) is 10.6 Å². The molecule has 2 heterocycles. The van der Waals surface area contributed by atoms with Gasteiger partial charge in [0.1, 0.15) is 11.8 Å². The van der Waals surface area contributed by atoms with Crippen LogP contribution in [0, 0.1) is 10.1 Å². The molecule has 1 amide bonds. The van der Waals surface area contributed by atoms with Gasteiger partial charge < -0.3 is 24.9 Å². The molecule has 1 N–H and O–H groups in total. The Bertz CT molecular complexity index is 692. The zero-order valence-electron chi connectivity index (χ0n) is 16.0. The maximum Gasteiger partial charge on any atom is 0.410 e. The molecule has 11 heteroatoms. The van der Waals surface area contributed by atoms with Gasteiger partial charge >= 0.3 is 17.2 Å². The highest BCUT2D eigenvalue weighted by Crippen LogP contribution is 2.20. The maximum absolute atomic E-state index is 12.1. The molecule has 1 aliphatic rings. The van der Waals surface area contributed by atoms with Crippen molar-refractivity contribution in [3.63, 3.8) is 0 Å². The summed E-state index contributed by atoms with van der Waals surface area (Å²) < 4.78 is 6.72. The highest BCUT2D eigenvalue weighted by molar-refractivity contribution is 6.28. The van der Waals surface area contributed by atoms with Gasteiger partial charge in [-0.05, 0) is 49.2 Å². The van der Waals surface area contributed by atoms with Crippen molar-refractivity contribution in [1.29, 1.82) is 0 Å². The second kappa shape index (κ2) is 7.99. The molecule has 1 aromatic heterocycles. The van der Waals surface area contributed by atoms with Gasteiger partial charge in [-0.25, -0.2) is 4.79 Å². The summed E-state index contributed by atoms with van der Waals surface area (Å²) in [4.78, 5) is 29.6. The first-order valence-electron chi connectivity index (χ1n) is 8.66. The monoisotopic (exact) mass is 403 g/mol. The van der Waals surface area contributed by atoms with Crippen LogP contribution in [0.5, 0.6) is 0 Å². The zero-order valence-corrected chi connectivity index (χ0v) is 16.8. The summed E-state index contributed by atoms with van der Waals surface area (Å²) in [6.07, 6.45) is 0.864. The van der Waals surface area contributed by atoms with Gasteiger partial charge in [0.2, 0.25) is 0 Å². The Morgan fingerprint density at radius 2 is 1.89 bits per heavy atom. The molecule has 1 aliphatic heterocycles. The van der Waals surface area contributed by atoms with Crippen molar-refractivity contribution in [3.8, 4) is 0 Å². The van der Waals surface area contributed by atoms with Gasteiger partial charge in [-0.1, -0.05) is 0 Å². The molecule has 1 unspecified atom stereocenters. The molecule has 1 saturated heterocycles. The third-order valence-corrected chi connectivity index (χ3v) is 4.30. The van der Waals surface area contributed by atoms with E-state index in [1.54, 1.807) is 11.8 Å².